The zero-order valence-electron chi connectivity index (χ0n) is 5.91. The van der Waals surface area contributed by atoms with Crippen LogP contribution in [0.4, 0.5) is 0 Å². The van der Waals surface area contributed by atoms with E-state index in [2.05, 4.69) is 11.9 Å². The fourth-order valence-corrected chi connectivity index (χ4v) is 0.285. The van der Waals surface area contributed by atoms with E-state index in [-0.39, 0.29) is 5.92 Å². The molecule has 1 atom stereocenters. The van der Waals surface area contributed by atoms with E-state index < -0.39 is 12.0 Å². The van der Waals surface area contributed by atoms with Crippen LogP contribution in [-0.2, 0) is 4.79 Å². The first kappa shape index (κ1) is 12.4. The molecule has 0 saturated carbocycles. The first-order chi connectivity index (χ1) is 4.55. The van der Waals surface area contributed by atoms with Crippen LogP contribution in [0, 0.1) is 5.92 Å². The van der Waals surface area contributed by atoms with E-state index in [1.807, 2.05) is 0 Å². The molecule has 0 radical (unpaired) electrons. The van der Waals surface area contributed by atoms with Gasteiger partial charge in [-0.15, -0.1) is 0 Å². The highest BCUT2D eigenvalue weighted by atomic mass is 35.5. The number of carbonyl (C=O) groups is 1. The molecule has 4 N–H and O–H groups in total. The van der Waals surface area contributed by atoms with Crippen molar-refractivity contribution in [1.82, 2.24) is 0 Å². The second-order valence-electron chi connectivity index (χ2n) is 2.11. The molecular weight excluding hydrogens is 158 g/mol. The van der Waals surface area contributed by atoms with Gasteiger partial charge in [-0.2, -0.15) is 0 Å². The van der Waals surface area contributed by atoms with E-state index in [0.717, 1.165) is 0 Å². The van der Waals surface area contributed by atoms with Crippen LogP contribution in [0.2, 0.25) is 0 Å². The third-order valence-corrected chi connectivity index (χ3v) is 1.00. The molecule has 0 aromatic heterocycles. The van der Waals surface area contributed by atoms with Gasteiger partial charge in [-0.1, -0.05) is 13.8 Å². The Hall–Kier alpha value is -0.320. The molecule has 0 aromatic rings. The van der Waals surface area contributed by atoms with E-state index in [1.165, 1.54) is 0 Å². The summed E-state index contributed by atoms with van der Waals surface area (Å²) in [7, 11) is 0. The molecule has 0 aliphatic carbocycles. The second-order valence-corrected chi connectivity index (χ2v) is 2.11. The van der Waals surface area contributed by atoms with Crippen molar-refractivity contribution in [3.05, 3.63) is 0 Å². The number of carboxylic acids is 1. The summed E-state index contributed by atoms with van der Waals surface area (Å²) < 4.78 is 6.47. The second kappa shape index (κ2) is 6.80. The Morgan fingerprint density at radius 2 is 1.80 bits per heavy atom. The van der Waals surface area contributed by atoms with Gasteiger partial charge in [0.1, 0.15) is 6.04 Å². The Kier molecular flexibility index (Phi) is 8.40. The molecular formula is C5H12ClNO3. The van der Waals surface area contributed by atoms with Crippen LogP contribution in [0.1, 0.15) is 13.8 Å². The van der Waals surface area contributed by atoms with Gasteiger partial charge in [-0.05, 0) is 5.92 Å². The van der Waals surface area contributed by atoms with Crippen LogP contribution in [0.3, 0.4) is 0 Å². The van der Waals surface area contributed by atoms with Crippen LogP contribution in [0.5, 0.6) is 0 Å². The van der Waals surface area contributed by atoms with Crippen molar-refractivity contribution >= 4 is 17.8 Å². The summed E-state index contributed by atoms with van der Waals surface area (Å²) in [5, 5.41) is 8.23. The predicted molar refractivity (Wildman–Crippen MR) is 38.5 cm³/mol. The Morgan fingerprint density at radius 1 is 1.50 bits per heavy atom. The number of hydrogen-bond donors (Lipinski definition) is 3. The lowest BCUT2D eigenvalue weighted by atomic mass is 10.1. The van der Waals surface area contributed by atoms with Gasteiger partial charge < -0.3 is 10.8 Å². The molecule has 0 spiro atoms. The first-order valence-electron chi connectivity index (χ1n) is 2.71. The fraction of sp³-hybridized carbons (Fsp3) is 0.800. The minimum absolute atomic E-state index is 0.0208. The third kappa shape index (κ3) is 5.81. The lowest BCUT2D eigenvalue weighted by molar-refractivity contribution is -0.139. The molecule has 0 amide bonds. The summed E-state index contributed by atoms with van der Waals surface area (Å²) >= 11 is 3.64. The molecule has 0 saturated heterocycles. The zero-order valence-corrected chi connectivity index (χ0v) is 6.67. The quantitative estimate of drug-likeness (QED) is 0.551. The normalized spacial score (nSPS) is 11.8. The average Bonchev–Trinajstić information content (AvgIpc) is 1.90. The summed E-state index contributed by atoms with van der Waals surface area (Å²) in [5.74, 6) is -0.910. The highest BCUT2D eigenvalue weighted by Gasteiger charge is 2.14. The standard InChI is InChI=1S/C5H11NO2.ClHO/c1-3(2)4(6)5(7)8;1-2/h3-4H,6H2,1-2H3,(H,7,8);2H/t4-;/m0./s1. The van der Waals surface area contributed by atoms with Crippen molar-refractivity contribution in [2.45, 2.75) is 19.9 Å². The number of nitrogens with two attached hydrogens (primary N) is 1. The van der Waals surface area contributed by atoms with Gasteiger partial charge in [-0.25, -0.2) is 0 Å². The Bertz CT molecular complexity index is 96.9. The molecule has 0 fully saturated rings. The summed E-state index contributed by atoms with van der Waals surface area (Å²) in [5.41, 5.74) is 5.16. The molecule has 0 heterocycles. The van der Waals surface area contributed by atoms with Crippen LogP contribution < -0.4 is 5.73 Å². The molecule has 0 aliphatic heterocycles. The van der Waals surface area contributed by atoms with E-state index in [9.17, 15) is 4.79 Å². The van der Waals surface area contributed by atoms with Gasteiger partial charge in [0.2, 0.25) is 0 Å². The van der Waals surface area contributed by atoms with Gasteiger partial charge in [-0.3, -0.25) is 9.45 Å². The average molecular weight is 170 g/mol. The zero-order chi connectivity index (χ0) is 8.73. The Balaban J connectivity index is 0. The minimum atomic E-state index is -0.931. The highest BCUT2D eigenvalue weighted by Crippen LogP contribution is 1.96. The van der Waals surface area contributed by atoms with Crippen LogP contribution in [-0.4, -0.2) is 21.8 Å². The van der Waals surface area contributed by atoms with Gasteiger partial charge in [0, 0.05) is 0 Å². The maximum Gasteiger partial charge on any atom is 0.320 e. The molecule has 62 valence electrons. The first-order valence-corrected chi connectivity index (χ1v) is 3.04. The van der Waals surface area contributed by atoms with Crippen molar-refractivity contribution in [3.8, 4) is 0 Å². The maximum absolute atomic E-state index is 10.0. The third-order valence-electron chi connectivity index (χ3n) is 1.00. The summed E-state index contributed by atoms with van der Waals surface area (Å²) in [6.45, 7) is 3.55. The number of halogens is 1. The molecule has 5 heteroatoms. The van der Waals surface area contributed by atoms with E-state index in [0.29, 0.717) is 0 Å². The maximum atomic E-state index is 10.0. The van der Waals surface area contributed by atoms with Crippen molar-refractivity contribution in [2.75, 3.05) is 0 Å². The lowest BCUT2D eigenvalue weighted by Gasteiger charge is -2.07. The fourth-order valence-electron chi connectivity index (χ4n) is 0.285. The van der Waals surface area contributed by atoms with Gasteiger partial charge >= 0.3 is 5.97 Å². The number of carboxylic acid groups (broad SMARTS) is 1. The number of rotatable bonds is 2. The van der Waals surface area contributed by atoms with Gasteiger partial charge in [0.05, 0.1) is 11.9 Å². The van der Waals surface area contributed by atoms with Crippen molar-refractivity contribution in [3.63, 3.8) is 0 Å². The molecule has 10 heavy (non-hydrogen) atoms. The molecule has 0 aromatic carbocycles. The van der Waals surface area contributed by atoms with Crippen LogP contribution in [0.15, 0.2) is 0 Å². The summed E-state index contributed by atoms with van der Waals surface area (Å²) in [6.07, 6.45) is 0. The lowest BCUT2D eigenvalue weighted by Crippen LogP contribution is -2.34. The Labute approximate surface area is 64.8 Å². The monoisotopic (exact) mass is 169 g/mol. The minimum Gasteiger partial charge on any atom is -0.480 e. The van der Waals surface area contributed by atoms with Gasteiger partial charge in [0.15, 0.2) is 0 Å². The predicted octanol–water partition coefficient (Wildman–Crippen LogP) is 0.187. The molecule has 4 nitrogen and oxygen atoms in total. The van der Waals surface area contributed by atoms with Crippen LogP contribution >= 0.6 is 11.9 Å². The molecule has 0 rings (SSSR count). The van der Waals surface area contributed by atoms with Crippen molar-refractivity contribution in [1.29, 1.82) is 0 Å². The molecule has 0 bridgehead atoms. The van der Waals surface area contributed by atoms with Crippen LogP contribution in [0.25, 0.3) is 0 Å². The SMILES string of the molecule is CC(C)[C@H](N)C(=O)O.OCl. The van der Waals surface area contributed by atoms with Crippen molar-refractivity contribution in [2.24, 2.45) is 11.7 Å². The topological polar surface area (TPSA) is 83.6 Å². The van der Waals surface area contributed by atoms with Gasteiger partial charge in [0.25, 0.3) is 0 Å². The van der Waals surface area contributed by atoms with E-state index in [1.54, 1.807) is 13.8 Å². The molecule has 0 aliphatic rings. The summed E-state index contributed by atoms with van der Waals surface area (Å²) in [4.78, 5) is 10.0. The summed E-state index contributed by atoms with van der Waals surface area (Å²) in [6, 6.07) is -0.713. The number of aliphatic carboxylic acids is 1. The largest absolute Gasteiger partial charge is 0.480 e. The smallest absolute Gasteiger partial charge is 0.320 e. The van der Waals surface area contributed by atoms with E-state index >= 15 is 0 Å². The van der Waals surface area contributed by atoms with Crippen molar-refractivity contribution < 1.29 is 14.6 Å². The number of hydrogen-bond acceptors (Lipinski definition) is 3. The Morgan fingerprint density at radius 3 is 1.80 bits per heavy atom. The molecule has 0 unspecified atom stereocenters. The van der Waals surface area contributed by atoms with E-state index in [4.69, 9.17) is 15.5 Å². The highest BCUT2D eigenvalue weighted by molar-refractivity contribution is 6.04.